The molecule has 1 fully saturated rings. The van der Waals surface area contributed by atoms with Crippen molar-refractivity contribution >= 4 is 5.91 Å². The second-order valence-corrected chi connectivity index (χ2v) is 4.51. The van der Waals surface area contributed by atoms with Crippen LogP contribution in [0.3, 0.4) is 0 Å². The Labute approximate surface area is 108 Å². The van der Waals surface area contributed by atoms with Crippen LogP contribution in [0.4, 0.5) is 0 Å². The minimum Gasteiger partial charge on any atom is -0.494 e. The van der Waals surface area contributed by atoms with Crippen molar-refractivity contribution in [2.24, 2.45) is 5.73 Å². The van der Waals surface area contributed by atoms with Crippen molar-refractivity contribution in [1.29, 1.82) is 0 Å². The lowest BCUT2D eigenvalue weighted by Crippen LogP contribution is -2.27. The standard InChI is InChI=1S/C14H20N2O2/c15-8-3-11-18-13-6-4-12(5-7-13)14(17)16-9-1-2-10-16/h4-7H,1-3,8-11,15H2. The van der Waals surface area contributed by atoms with Gasteiger partial charge in [-0.05, 0) is 50.1 Å². The van der Waals surface area contributed by atoms with Gasteiger partial charge in [0.05, 0.1) is 6.61 Å². The van der Waals surface area contributed by atoms with Crippen molar-refractivity contribution < 1.29 is 9.53 Å². The molecular weight excluding hydrogens is 228 g/mol. The summed E-state index contributed by atoms with van der Waals surface area (Å²) >= 11 is 0. The number of benzene rings is 1. The quantitative estimate of drug-likeness (QED) is 0.806. The van der Waals surface area contributed by atoms with Crippen molar-refractivity contribution in [3.05, 3.63) is 29.8 Å². The Bertz CT molecular complexity index is 383. The Balaban J connectivity index is 1.92. The van der Waals surface area contributed by atoms with Gasteiger partial charge in [0.2, 0.25) is 0 Å². The molecule has 1 aliphatic rings. The summed E-state index contributed by atoms with van der Waals surface area (Å²) in [5.74, 6) is 0.919. The monoisotopic (exact) mass is 248 g/mol. The lowest BCUT2D eigenvalue weighted by molar-refractivity contribution is 0.0793. The first kappa shape index (κ1) is 12.9. The van der Waals surface area contributed by atoms with Gasteiger partial charge in [0.1, 0.15) is 5.75 Å². The van der Waals surface area contributed by atoms with Gasteiger partial charge in [-0.15, -0.1) is 0 Å². The molecule has 1 aliphatic heterocycles. The average molecular weight is 248 g/mol. The maximum absolute atomic E-state index is 12.1. The summed E-state index contributed by atoms with van der Waals surface area (Å²) in [5.41, 5.74) is 6.14. The third kappa shape index (κ3) is 3.23. The summed E-state index contributed by atoms with van der Waals surface area (Å²) < 4.78 is 5.50. The van der Waals surface area contributed by atoms with Crippen molar-refractivity contribution in [3.63, 3.8) is 0 Å². The van der Waals surface area contributed by atoms with Gasteiger partial charge in [0.25, 0.3) is 5.91 Å². The molecule has 0 radical (unpaired) electrons. The Morgan fingerprint density at radius 1 is 1.22 bits per heavy atom. The number of nitrogens with two attached hydrogens (primary N) is 1. The molecule has 0 atom stereocenters. The van der Waals surface area contributed by atoms with Crippen molar-refractivity contribution in [3.8, 4) is 5.75 Å². The van der Waals surface area contributed by atoms with Crippen LogP contribution in [0.25, 0.3) is 0 Å². The van der Waals surface area contributed by atoms with E-state index in [1.807, 2.05) is 29.2 Å². The van der Waals surface area contributed by atoms with E-state index in [0.29, 0.717) is 13.2 Å². The topological polar surface area (TPSA) is 55.6 Å². The molecule has 98 valence electrons. The van der Waals surface area contributed by atoms with Crippen molar-refractivity contribution in [2.45, 2.75) is 19.3 Å². The van der Waals surface area contributed by atoms with E-state index in [1.54, 1.807) is 0 Å². The number of hydrogen-bond donors (Lipinski definition) is 1. The van der Waals surface area contributed by atoms with Crippen LogP contribution in [-0.4, -0.2) is 37.0 Å². The molecule has 1 aromatic carbocycles. The fraction of sp³-hybridized carbons (Fsp3) is 0.500. The maximum atomic E-state index is 12.1. The highest BCUT2D eigenvalue weighted by Gasteiger charge is 2.19. The summed E-state index contributed by atoms with van der Waals surface area (Å²) in [6.45, 7) is 3.02. The molecule has 0 aliphatic carbocycles. The number of carbonyl (C=O) groups excluding carboxylic acids is 1. The van der Waals surface area contributed by atoms with Gasteiger partial charge in [-0.2, -0.15) is 0 Å². The Morgan fingerprint density at radius 3 is 2.50 bits per heavy atom. The first-order valence-electron chi connectivity index (χ1n) is 6.53. The molecule has 2 rings (SSSR count). The number of hydrogen-bond acceptors (Lipinski definition) is 3. The van der Waals surface area contributed by atoms with Crippen LogP contribution < -0.4 is 10.5 Å². The van der Waals surface area contributed by atoms with Crippen LogP contribution in [0.1, 0.15) is 29.6 Å². The van der Waals surface area contributed by atoms with E-state index in [4.69, 9.17) is 10.5 Å². The van der Waals surface area contributed by atoms with Gasteiger partial charge >= 0.3 is 0 Å². The predicted octanol–water partition coefficient (Wildman–Crippen LogP) is 1.65. The smallest absolute Gasteiger partial charge is 0.253 e. The molecular formula is C14H20N2O2. The lowest BCUT2D eigenvalue weighted by Gasteiger charge is -2.15. The van der Waals surface area contributed by atoms with Gasteiger partial charge in [0.15, 0.2) is 0 Å². The van der Waals surface area contributed by atoms with E-state index in [2.05, 4.69) is 0 Å². The molecule has 2 N–H and O–H groups in total. The molecule has 1 heterocycles. The normalized spacial score (nSPS) is 14.8. The molecule has 1 saturated heterocycles. The van der Waals surface area contributed by atoms with E-state index >= 15 is 0 Å². The second kappa shape index (κ2) is 6.40. The highest BCUT2D eigenvalue weighted by atomic mass is 16.5. The van der Waals surface area contributed by atoms with Crippen LogP contribution in [-0.2, 0) is 0 Å². The first-order chi connectivity index (χ1) is 8.81. The fourth-order valence-electron chi connectivity index (χ4n) is 2.07. The number of likely N-dealkylation sites (tertiary alicyclic amines) is 1. The van der Waals surface area contributed by atoms with Crippen LogP contribution in [0.2, 0.25) is 0 Å². The summed E-state index contributed by atoms with van der Waals surface area (Å²) in [7, 11) is 0. The van der Waals surface area contributed by atoms with Crippen molar-refractivity contribution in [1.82, 2.24) is 4.90 Å². The number of carbonyl (C=O) groups is 1. The highest BCUT2D eigenvalue weighted by molar-refractivity contribution is 5.94. The van der Waals surface area contributed by atoms with Crippen LogP contribution in [0, 0.1) is 0 Å². The van der Waals surface area contributed by atoms with E-state index in [9.17, 15) is 4.79 Å². The molecule has 1 amide bonds. The van der Waals surface area contributed by atoms with Gasteiger partial charge in [-0.25, -0.2) is 0 Å². The third-order valence-corrected chi connectivity index (χ3v) is 3.11. The number of ether oxygens (including phenoxy) is 1. The Kier molecular flexibility index (Phi) is 4.59. The summed E-state index contributed by atoms with van der Waals surface area (Å²) in [5, 5.41) is 0. The van der Waals surface area contributed by atoms with Crippen molar-refractivity contribution in [2.75, 3.05) is 26.2 Å². The Morgan fingerprint density at radius 2 is 1.89 bits per heavy atom. The van der Waals surface area contributed by atoms with E-state index < -0.39 is 0 Å². The minimum absolute atomic E-state index is 0.126. The van der Waals surface area contributed by atoms with E-state index in [0.717, 1.165) is 43.7 Å². The molecule has 0 bridgehead atoms. The molecule has 0 spiro atoms. The summed E-state index contributed by atoms with van der Waals surface area (Å²) in [6, 6.07) is 7.36. The molecule has 4 nitrogen and oxygen atoms in total. The maximum Gasteiger partial charge on any atom is 0.253 e. The average Bonchev–Trinajstić information content (AvgIpc) is 2.93. The highest BCUT2D eigenvalue weighted by Crippen LogP contribution is 2.16. The second-order valence-electron chi connectivity index (χ2n) is 4.51. The largest absolute Gasteiger partial charge is 0.494 e. The predicted molar refractivity (Wildman–Crippen MR) is 70.7 cm³/mol. The summed E-state index contributed by atoms with van der Waals surface area (Å²) in [6.07, 6.45) is 3.08. The van der Waals surface area contributed by atoms with Gasteiger partial charge in [0, 0.05) is 18.7 Å². The fourth-order valence-corrected chi connectivity index (χ4v) is 2.07. The zero-order valence-corrected chi connectivity index (χ0v) is 10.6. The van der Waals surface area contributed by atoms with E-state index in [1.165, 1.54) is 0 Å². The molecule has 1 aromatic rings. The van der Waals surface area contributed by atoms with Crippen LogP contribution in [0.15, 0.2) is 24.3 Å². The molecule has 0 saturated carbocycles. The minimum atomic E-state index is 0.126. The van der Waals surface area contributed by atoms with Gasteiger partial charge in [-0.1, -0.05) is 0 Å². The summed E-state index contributed by atoms with van der Waals surface area (Å²) in [4.78, 5) is 14.0. The molecule has 0 aromatic heterocycles. The zero-order chi connectivity index (χ0) is 12.8. The number of amides is 1. The third-order valence-electron chi connectivity index (χ3n) is 3.11. The van der Waals surface area contributed by atoms with E-state index in [-0.39, 0.29) is 5.91 Å². The lowest BCUT2D eigenvalue weighted by atomic mass is 10.2. The Hall–Kier alpha value is -1.55. The SMILES string of the molecule is NCCCOc1ccc(C(=O)N2CCCC2)cc1. The molecule has 0 unspecified atom stereocenters. The zero-order valence-electron chi connectivity index (χ0n) is 10.6. The van der Waals surface area contributed by atoms with Gasteiger partial charge < -0.3 is 15.4 Å². The first-order valence-corrected chi connectivity index (χ1v) is 6.53. The number of nitrogens with zero attached hydrogens (tertiary/aromatic N) is 1. The van der Waals surface area contributed by atoms with Crippen LogP contribution in [0.5, 0.6) is 5.75 Å². The number of rotatable bonds is 5. The van der Waals surface area contributed by atoms with Crippen LogP contribution >= 0.6 is 0 Å². The molecule has 18 heavy (non-hydrogen) atoms. The molecule has 4 heteroatoms. The van der Waals surface area contributed by atoms with Gasteiger partial charge in [-0.3, -0.25) is 4.79 Å².